The maximum atomic E-state index is 11.5. The van der Waals surface area contributed by atoms with E-state index in [0.717, 1.165) is 5.52 Å². The maximum Gasteiger partial charge on any atom is 0.175 e. The van der Waals surface area contributed by atoms with Crippen LogP contribution in [0.4, 0.5) is 0 Å². The summed E-state index contributed by atoms with van der Waals surface area (Å²) in [5.74, 6) is 0.669. The number of benzene rings is 1. The summed E-state index contributed by atoms with van der Waals surface area (Å²) in [6.45, 7) is 0.357. The second-order valence-corrected chi connectivity index (χ2v) is 6.53. The molecule has 1 aromatic carbocycles. The molecule has 0 aliphatic rings. The van der Waals surface area contributed by atoms with Crippen LogP contribution in [0, 0.1) is 0 Å². The van der Waals surface area contributed by atoms with Crippen LogP contribution in [-0.2, 0) is 21.6 Å². The molecule has 0 aliphatic carbocycles. The quantitative estimate of drug-likeness (QED) is 0.889. The van der Waals surface area contributed by atoms with Gasteiger partial charge in [-0.05, 0) is 18.2 Å². The van der Waals surface area contributed by atoms with Crippen LogP contribution in [0.3, 0.4) is 0 Å². The van der Waals surface area contributed by atoms with E-state index < -0.39 is 9.84 Å². The van der Waals surface area contributed by atoms with Gasteiger partial charge in [-0.3, -0.25) is 0 Å². The Kier molecular flexibility index (Phi) is 3.62. The molecule has 19 heavy (non-hydrogen) atoms. The maximum absolute atomic E-state index is 11.5. The highest BCUT2D eigenvalue weighted by molar-refractivity contribution is 7.90. The Morgan fingerprint density at radius 3 is 2.74 bits per heavy atom. The van der Waals surface area contributed by atoms with Crippen molar-refractivity contribution in [1.82, 2.24) is 9.55 Å². The van der Waals surface area contributed by atoms with Crippen LogP contribution >= 0.6 is 0 Å². The Morgan fingerprint density at radius 1 is 1.47 bits per heavy atom. The molecule has 0 saturated heterocycles. The predicted octanol–water partition coefficient (Wildman–Crippen LogP) is 0.623. The van der Waals surface area contributed by atoms with Crippen molar-refractivity contribution in [2.75, 3.05) is 20.0 Å². The lowest BCUT2D eigenvalue weighted by Crippen LogP contribution is -2.20. The predicted molar refractivity (Wildman–Crippen MR) is 72.6 cm³/mol. The molecule has 0 amide bonds. The van der Waals surface area contributed by atoms with Crippen molar-refractivity contribution in [3.63, 3.8) is 0 Å². The molecule has 6 nitrogen and oxygen atoms in total. The van der Waals surface area contributed by atoms with E-state index in [4.69, 9.17) is 10.5 Å². The third-order valence-electron chi connectivity index (χ3n) is 2.99. The molecule has 1 heterocycles. The van der Waals surface area contributed by atoms with Crippen molar-refractivity contribution in [1.29, 1.82) is 0 Å². The molecule has 0 bridgehead atoms. The van der Waals surface area contributed by atoms with E-state index in [1.807, 2.05) is 11.6 Å². The number of nitrogens with zero attached hydrogens (tertiary/aromatic N) is 2. The van der Waals surface area contributed by atoms with Crippen molar-refractivity contribution in [2.24, 2.45) is 12.8 Å². The normalized spacial score (nSPS) is 13.9. The van der Waals surface area contributed by atoms with E-state index in [9.17, 15) is 8.42 Å². The standard InChI is InChI=1S/C12H17N3O3S/c1-15-11-5-4-8(19(3,16)17)6-10(11)14-12(15)9(13)7-18-2/h4-6,9H,7,13H2,1-3H3. The first kappa shape index (κ1) is 14.0. The lowest BCUT2D eigenvalue weighted by Gasteiger charge is -2.09. The van der Waals surface area contributed by atoms with Gasteiger partial charge in [-0.25, -0.2) is 13.4 Å². The largest absolute Gasteiger partial charge is 0.383 e. The molecule has 2 rings (SSSR count). The van der Waals surface area contributed by atoms with Gasteiger partial charge >= 0.3 is 0 Å². The van der Waals surface area contributed by atoms with Gasteiger partial charge in [-0.2, -0.15) is 0 Å². The van der Waals surface area contributed by atoms with Gasteiger partial charge in [-0.15, -0.1) is 0 Å². The zero-order valence-electron chi connectivity index (χ0n) is 11.1. The van der Waals surface area contributed by atoms with Crippen molar-refractivity contribution in [3.05, 3.63) is 24.0 Å². The number of aromatic nitrogens is 2. The molecule has 1 unspecified atom stereocenters. The first-order valence-corrected chi connectivity index (χ1v) is 7.64. The van der Waals surface area contributed by atoms with Crippen molar-refractivity contribution >= 4 is 20.9 Å². The van der Waals surface area contributed by atoms with Crippen molar-refractivity contribution in [2.45, 2.75) is 10.9 Å². The Labute approximate surface area is 112 Å². The summed E-state index contributed by atoms with van der Waals surface area (Å²) in [6, 6.07) is 4.53. The highest BCUT2D eigenvalue weighted by atomic mass is 32.2. The molecule has 2 N–H and O–H groups in total. The fourth-order valence-electron chi connectivity index (χ4n) is 2.01. The minimum absolute atomic E-state index is 0.255. The molecule has 104 valence electrons. The third-order valence-corrected chi connectivity index (χ3v) is 4.10. The van der Waals surface area contributed by atoms with Crippen LogP contribution in [0.15, 0.2) is 23.1 Å². The summed E-state index contributed by atoms with van der Waals surface area (Å²) >= 11 is 0. The van der Waals surface area contributed by atoms with Gasteiger partial charge in [0.25, 0.3) is 0 Å². The van der Waals surface area contributed by atoms with Crippen LogP contribution < -0.4 is 5.73 Å². The number of hydrogen-bond acceptors (Lipinski definition) is 5. The summed E-state index contributed by atoms with van der Waals surface area (Å²) in [5, 5.41) is 0. The van der Waals surface area contributed by atoms with Gasteiger partial charge in [0, 0.05) is 20.4 Å². The smallest absolute Gasteiger partial charge is 0.175 e. The molecular formula is C12H17N3O3S. The van der Waals surface area contributed by atoms with Gasteiger partial charge in [0.15, 0.2) is 9.84 Å². The highest BCUT2D eigenvalue weighted by Crippen LogP contribution is 2.22. The number of hydrogen-bond donors (Lipinski definition) is 1. The fraction of sp³-hybridized carbons (Fsp3) is 0.417. The van der Waals surface area contributed by atoms with E-state index in [2.05, 4.69) is 4.98 Å². The Morgan fingerprint density at radius 2 is 2.16 bits per heavy atom. The van der Waals surface area contributed by atoms with E-state index in [1.54, 1.807) is 25.3 Å². The van der Waals surface area contributed by atoms with E-state index >= 15 is 0 Å². The summed E-state index contributed by atoms with van der Waals surface area (Å²) < 4.78 is 29.9. The Hall–Kier alpha value is -1.44. The lowest BCUT2D eigenvalue weighted by atomic mass is 10.3. The number of nitrogens with two attached hydrogens (primary N) is 1. The number of ether oxygens (including phenoxy) is 1. The molecule has 0 spiro atoms. The zero-order valence-corrected chi connectivity index (χ0v) is 11.9. The van der Waals surface area contributed by atoms with Crippen molar-refractivity contribution in [3.8, 4) is 0 Å². The first-order valence-electron chi connectivity index (χ1n) is 5.75. The molecule has 1 atom stereocenters. The number of imidazole rings is 1. The zero-order chi connectivity index (χ0) is 14.2. The molecule has 0 aliphatic heterocycles. The molecule has 0 radical (unpaired) electrons. The van der Waals surface area contributed by atoms with Crippen LogP contribution in [-0.4, -0.2) is 37.9 Å². The molecule has 7 heteroatoms. The average molecular weight is 283 g/mol. The summed E-state index contributed by atoms with van der Waals surface area (Å²) in [4.78, 5) is 4.65. The topological polar surface area (TPSA) is 87.2 Å². The Bertz CT molecular complexity index is 706. The number of sulfone groups is 1. The number of rotatable bonds is 4. The van der Waals surface area contributed by atoms with Crippen molar-refractivity contribution < 1.29 is 13.2 Å². The van der Waals surface area contributed by atoms with Crippen LogP contribution in [0.1, 0.15) is 11.9 Å². The second kappa shape index (κ2) is 4.92. The van der Waals surface area contributed by atoms with Crippen LogP contribution in [0.25, 0.3) is 11.0 Å². The number of fused-ring (bicyclic) bond motifs is 1. The second-order valence-electron chi connectivity index (χ2n) is 4.51. The molecule has 0 saturated carbocycles. The van der Waals surface area contributed by atoms with Gasteiger partial charge < -0.3 is 15.0 Å². The average Bonchev–Trinajstić information content (AvgIpc) is 2.66. The van der Waals surface area contributed by atoms with E-state index in [1.165, 1.54) is 6.26 Å². The summed E-state index contributed by atoms with van der Waals surface area (Å²) in [7, 11) is 0.188. The van der Waals surface area contributed by atoms with Gasteiger partial charge in [-0.1, -0.05) is 0 Å². The molecule has 0 fully saturated rings. The number of aryl methyl sites for hydroxylation is 1. The fourth-order valence-corrected chi connectivity index (χ4v) is 2.66. The van der Waals surface area contributed by atoms with Crippen LogP contribution in [0.5, 0.6) is 0 Å². The third kappa shape index (κ3) is 2.63. The van der Waals surface area contributed by atoms with Gasteiger partial charge in [0.05, 0.1) is 28.6 Å². The molecular weight excluding hydrogens is 266 g/mol. The summed E-state index contributed by atoms with van der Waals surface area (Å²) in [6.07, 6.45) is 1.18. The number of methoxy groups -OCH3 is 1. The Balaban J connectivity index is 2.57. The molecule has 2 aromatic rings. The van der Waals surface area contributed by atoms with Crippen LogP contribution in [0.2, 0.25) is 0 Å². The van der Waals surface area contributed by atoms with Gasteiger partial charge in [0.1, 0.15) is 5.82 Å². The summed E-state index contributed by atoms with van der Waals surface area (Å²) in [5.41, 5.74) is 7.43. The lowest BCUT2D eigenvalue weighted by molar-refractivity contribution is 0.177. The molecule has 1 aromatic heterocycles. The monoisotopic (exact) mass is 283 g/mol. The minimum Gasteiger partial charge on any atom is -0.383 e. The van der Waals surface area contributed by atoms with Gasteiger partial charge in [0.2, 0.25) is 0 Å². The van der Waals surface area contributed by atoms with E-state index in [0.29, 0.717) is 17.9 Å². The first-order chi connectivity index (χ1) is 8.84. The highest BCUT2D eigenvalue weighted by Gasteiger charge is 2.16. The van der Waals surface area contributed by atoms with E-state index in [-0.39, 0.29) is 10.9 Å². The SMILES string of the molecule is COCC(N)c1nc2cc(S(C)(=O)=O)ccc2n1C. The minimum atomic E-state index is -3.23.